The van der Waals surface area contributed by atoms with E-state index in [1.165, 1.54) is 13.2 Å². The summed E-state index contributed by atoms with van der Waals surface area (Å²) in [6.45, 7) is 3.95. The summed E-state index contributed by atoms with van der Waals surface area (Å²) in [4.78, 5) is 4.16. The maximum absolute atomic E-state index is 13.1. The first-order valence-corrected chi connectivity index (χ1v) is 8.94. The van der Waals surface area contributed by atoms with Crippen LogP contribution >= 0.6 is 0 Å². The molecule has 1 aliphatic heterocycles. The van der Waals surface area contributed by atoms with E-state index in [1.54, 1.807) is 7.05 Å². The van der Waals surface area contributed by atoms with Crippen LogP contribution in [0.5, 0.6) is 5.75 Å². The van der Waals surface area contributed by atoms with Gasteiger partial charge in [0, 0.05) is 44.4 Å². The van der Waals surface area contributed by atoms with Gasteiger partial charge in [-0.1, -0.05) is 18.2 Å². The molecule has 3 rings (SSSR count). The highest BCUT2D eigenvalue weighted by Crippen LogP contribution is 2.39. The fourth-order valence-electron chi connectivity index (χ4n) is 3.38. The Labute approximate surface area is 161 Å². The van der Waals surface area contributed by atoms with Crippen molar-refractivity contribution in [3.05, 3.63) is 47.3 Å². The lowest BCUT2D eigenvalue weighted by molar-refractivity contribution is -0.142. The van der Waals surface area contributed by atoms with Gasteiger partial charge in [-0.3, -0.25) is 9.67 Å². The van der Waals surface area contributed by atoms with Crippen molar-refractivity contribution in [2.24, 2.45) is 12.0 Å². The van der Waals surface area contributed by atoms with E-state index in [0.717, 1.165) is 16.0 Å². The predicted octanol–water partition coefficient (Wildman–Crippen LogP) is 3.41. The van der Waals surface area contributed by atoms with E-state index in [0.29, 0.717) is 12.4 Å². The van der Waals surface area contributed by atoms with Crippen LogP contribution < -0.4 is 15.4 Å². The Balaban J connectivity index is 1.74. The van der Waals surface area contributed by atoms with Crippen molar-refractivity contribution in [2.75, 3.05) is 7.05 Å². The molecule has 0 saturated heterocycles. The van der Waals surface area contributed by atoms with E-state index in [4.69, 9.17) is 4.74 Å². The minimum atomic E-state index is -4.50. The van der Waals surface area contributed by atoms with E-state index in [1.807, 2.05) is 38.1 Å². The zero-order valence-electron chi connectivity index (χ0n) is 16.3. The topological polar surface area (TPSA) is 63.5 Å². The number of rotatable bonds is 3. The number of aliphatic imine (C=N–C) groups is 1. The molecule has 0 fully saturated rings. The van der Waals surface area contributed by atoms with Gasteiger partial charge < -0.3 is 15.4 Å². The zero-order valence-corrected chi connectivity index (χ0v) is 16.3. The summed E-state index contributed by atoms with van der Waals surface area (Å²) in [5.41, 5.74) is -0.221. The molecule has 2 N–H and O–H groups in total. The summed E-state index contributed by atoms with van der Waals surface area (Å²) in [6.07, 6.45) is -2.46. The quantitative estimate of drug-likeness (QED) is 0.618. The Morgan fingerprint density at radius 2 is 2.07 bits per heavy atom. The van der Waals surface area contributed by atoms with E-state index < -0.39 is 11.9 Å². The van der Waals surface area contributed by atoms with Crippen LogP contribution in [0.4, 0.5) is 13.2 Å². The maximum Gasteiger partial charge on any atom is 0.435 e. The number of aromatic nitrogens is 2. The van der Waals surface area contributed by atoms with Crippen LogP contribution in [0.15, 0.2) is 35.5 Å². The number of halogens is 3. The second-order valence-electron chi connectivity index (χ2n) is 7.40. The Hall–Kier alpha value is -2.71. The molecule has 9 heteroatoms. The molecule has 28 heavy (non-hydrogen) atoms. The number of alkyl halides is 3. The number of ether oxygens (including phenoxy) is 1. The van der Waals surface area contributed by atoms with Crippen LogP contribution in [0.25, 0.3) is 0 Å². The van der Waals surface area contributed by atoms with Gasteiger partial charge in [0.25, 0.3) is 0 Å². The highest BCUT2D eigenvalue weighted by molar-refractivity contribution is 5.80. The lowest BCUT2D eigenvalue weighted by Gasteiger charge is -2.38. The molecule has 1 aliphatic rings. The van der Waals surface area contributed by atoms with Crippen molar-refractivity contribution in [1.29, 1.82) is 0 Å². The van der Waals surface area contributed by atoms with Crippen LogP contribution in [0, 0.1) is 0 Å². The van der Waals surface area contributed by atoms with Crippen molar-refractivity contribution in [3.63, 3.8) is 0 Å². The smallest absolute Gasteiger partial charge is 0.435 e. The molecule has 0 amide bonds. The summed E-state index contributed by atoms with van der Waals surface area (Å²) < 4.78 is 46.6. The molecular formula is C19H24F3N5O. The second kappa shape index (κ2) is 7.37. The number of para-hydroxylation sites is 1. The molecule has 1 atom stereocenters. The molecule has 2 heterocycles. The standard InChI is InChI=1S/C19H24F3N5O/c1-18(2)9-14(13-7-5-6-8-15(13)28-18)25-17(23-3)24-10-12-11-27(4)26-16(12)19(20,21)22/h5-8,11,14H,9-10H2,1-4H3,(H2,23,24,25). The third kappa shape index (κ3) is 4.40. The monoisotopic (exact) mass is 395 g/mol. The normalized spacial score (nSPS) is 19.0. The molecule has 0 bridgehead atoms. The number of nitrogens with one attached hydrogen (secondary N) is 2. The van der Waals surface area contributed by atoms with Gasteiger partial charge >= 0.3 is 6.18 Å². The van der Waals surface area contributed by atoms with Crippen LogP contribution in [0.1, 0.15) is 43.1 Å². The number of guanidine groups is 1. The largest absolute Gasteiger partial charge is 0.487 e. The van der Waals surface area contributed by atoms with Crippen LogP contribution in [0.3, 0.4) is 0 Å². The highest BCUT2D eigenvalue weighted by Gasteiger charge is 2.37. The number of benzene rings is 1. The van der Waals surface area contributed by atoms with Gasteiger partial charge in [-0.25, -0.2) is 0 Å². The van der Waals surface area contributed by atoms with E-state index in [9.17, 15) is 13.2 Å². The summed E-state index contributed by atoms with van der Waals surface area (Å²) >= 11 is 0. The number of fused-ring (bicyclic) bond motifs is 1. The van der Waals surface area contributed by atoms with Crippen LogP contribution in [-0.2, 0) is 19.8 Å². The van der Waals surface area contributed by atoms with E-state index in [2.05, 4.69) is 20.7 Å². The summed E-state index contributed by atoms with van der Waals surface area (Å²) in [5.74, 6) is 1.20. The number of nitrogens with zero attached hydrogens (tertiary/aromatic N) is 3. The summed E-state index contributed by atoms with van der Waals surface area (Å²) in [7, 11) is 3.05. The molecular weight excluding hydrogens is 371 g/mol. The predicted molar refractivity (Wildman–Crippen MR) is 100 cm³/mol. The minimum Gasteiger partial charge on any atom is -0.487 e. The van der Waals surface area contributed by atoms with Crippen LogP contribution in [0.2, 0.25) is 0 Å². The maximum atomic E-state index is 13.1. The van der Waals surface area contributed by atoms with Gasteiger partial charge in [0.1, 0.15) is 11.4 Å². The van der Waals surface area contributed by atoms with Crippen molar-refractivity contribution in [1.82, 2.24) is 20.4 Å². The molecule has 0 aliphatic carbocycles. The molecule has 1 aromatic heterocycles. The number of hydrogen-bond donors (Lipinski definition) is 2. The Kier molecular flexibility index (Phi) is 5.27. The van der Waals surface area contributed by atoms with Crippen molar-refractivity contribution >= 4 is 5.96 Å². The molecule has 1 unspecified atom stereocenters. The van der Waals surface area contributed by atoms with Gasteiger partial charge in [-0.05, 0) is 19.9 Å². The van der Waals surface area contributed by atoms with Gasteiger partial charge in [0.15, 0.2) is 11.7 Å². The molecule has 0 saturated carbocycles. The Morgan fingerprint density at radius 1 is 1.36 bits per heavy atom. The SMILES string of the molecule is CN=C(NCc1cn(C)nc1C(F)(F)F)NC1CC(C)(C)Oc2ccccc21. The number of aryl methyl sites for hydroxylation is 1. The lowest BCUT2D eigenvalue weighted by atomic mass is 9.90. The van der Waals surface area contributed by atoms with Crippen LogP contribution in [-0.4, -0.2) is 28.4 Å². The van der Waals surface area contributed by atoms with Gasteiger partial charge in [-0.15, -0.1) is 0 Å². The first kappa shape index (κ1) is 20.0. The van der Waals surface area contributed by atoms with E-state index in [-0.39, 0.29) is 23.8 Å². The first-order chi connectivity index (χ1) is 13.1. The highest BCUT2D eigenvalue weighted by atomic mass is 19.4. The second-order valence-corrected chi connectivity index (χ2v) is 7.40. The average molecular weight is 395 g/mol. The average Bonchev–Trinajstić information content (AvgIpc) is 2.98. The lowest BCUT2D eigenvalue weighted by Crippen LogP contribution is -2.45. The van der Waals surface area contributed by atoms with Gasteiger partial charge in [-0.2, -0.15) is 18.3 Å². The van der Waals surface area contributed by atoms with Crippen molar-refractivity contribution < 1.29 is 17.9 Å². The minimum absolute atomic E-state index is 0.0450. The Bertz CT molecular complexity index is 873. The first-order valence-electron chi connectivity index (χ1n) is 8.94. The van der Waals surface area contributed by atoms with Crippen molar-refractivity contribution in [3.8, 4) is 5.75 Å². The molecule has 0 radical (unpaired) electrons. The van der Waals surface area contributed by atoms with Crippen molar-refractivity contribution in [2.45, 2.75) is 44.6 Å². The summed E-state index contributed by atoms with van der Waals surface area (Å²) in [5, 5.41) is 9.79. The zero-order chi connectivity index (χ0) is 20.5. The number of hydrogen-bond acceptors (Lipinski definition) is 3. The fourth-order valence-corrected chi connectivity index (χ4v) is 3.38. The van der Waals surface area contributed by atoms with E-state index >= 15 is 0 Å². The molecule has 0 spiro atoms. The molecule has 1 aromatic carbocycles. The molecule has 152 valence electrons. The summed E-state index contributed by atoms with van der Waals surface area (Å²) in [6, 6.07) is 7.63. The fraction of sp³-hybridized carbons (Fsp3) is 0.474. The third-order valence-corrected chi connectivity index (χ3v) is 4.53. The van der Waals surface area contributed by atoms with Gasteiger partial charge in [0.2, 0.25) is 0 Å². The molecule has 2 aromatic rings. The van der Waals surface area contributed by atoms with Gasteiger partial charge in [0.05, 0.1) is 6.04 Å². The Morgan fingerprint density at radius 3 is 2.75 bits per heavy atom. The third-order valence-electron chi connectivity index (χ3n) is 4.53. The molecule has 6 nitrogen and oxygen atoms in total.